The summed E-state index contributed by atoms with van der Waals surface area (Å²) in [6.45, 7) is 5.97. The zero-order chi connectivity index (χ0) is 12.4. The van der Waals surface area contributed by atoms with Crippen LogP contribution in [-0.2, 0) is 4.74 Å². The van der Waals surface area contributed by atoms with E-state index in [-0.39, 0.29) is 0 Å². The van der Waals surface area contributed by atoms with Gasteiger partial charge in [0.25, 0.3) is 0 Å². The number of nitrogens with zero attached hydrogens (tertiary/aromatic N) is 1. The number of hydrogen-bond acceptors (Lipinski definition) is 3. The lowest BCUT2D eigenvalue weighted by atomic mass is 9.79. The first kappa shape index (κ1) is 12.9. The van der Waals surface area contributed by atoms with Crippen LogP contribution in [0.3, 0.4) is 0 Å². The quantitative estimate of drug-likeness (QED) is 0.817. The van der Waals surface area contributed by atoms with Crippen LogP contribution in [0.2, 0.25) is 0 Å². The number of rotatable bonds is 2. The number of nitrogens with two attached hydrogens (primary N) is 1. The van der Waals surface area contributed by atoms with Gasteiger partial charge in [-0.05, 0) is 62.8 Å². The molecular weight excluding hydrogens is 224 g/mol. The van der Waals surface area contributed by atoms with Gasteiger partial charge in [-0.2, -0.15) is 0 Å². The first-order chi connectivity index (χ1) is 8.76. The smallest absolute Gasteiger partial charge is 0.0471 e. The molecule has 0 aromatic rings. The molecule has 1 aliphatic carbocycles. The third kappa shape index (κ3) is 2.89. The van der Waals surface area contributed by atoms with Crippen LogP contribution in [0.25, 0.3) is 0 Å². The van der Waals surface area contributed by atoms with Gasteiger partial charge in [-0.1, -0.05) is 0 Å². The Balaban J connectivity index is 1.47. The monoisotopic (exact) mass is 252 g/mol. The third-order valence-electron chi connectivity index (χ3n) is 5.48. The van der Waals surface area contributed by atoms with Crippen molar-refractivity contribution in [3.63, 3.8) is 0 Å². The van der Waals surface area contributed by atoms with E-state index in [1.807, 2.05) is 0 Å². The van der Waals surface area contributed by atoms with Crippen LogP contribution in [0.15, 0.2) is 0 Å². The van der Waals surface area contributed by atoms with Crippen molar-refractivity contribution in [2.45, 2.75) is 51.0 Å². The molecule has 1 spiro atoms. The van der Waals surface area contributed by atoms with E-state index in [0.29, 0.717) is 11.5 Å². The summed E-state index contributed by atoms with van der Waals surface area (Å²) in [6.07, 6.45) is 9.19. The van der Waals surface area contributed by atoms with E-state index >= 15 is 0 Å². The second-order valence-corrected chi connectivity index (χ2v) is 6.88. The summed E-state index contributed by atoms with van der Waals surface area (Å²) in [6, 6.07) is 0.488. The molecule has 3 fully saturated rings. The minimum atomic E-state index is 0.488. The first-order valence-electron chi connectivity index (χ1n) is 7.81. The van der Waals surface area contributed by atoms with E-state index < -0.39 is 0 Å². The second kappa shape index (κ2) is 5.48. The highest BCUT2D eigenvalue weighted by Crippen LogP contribution is 2.40. The van der Waals surface area contributed by atoms with Gasteiger partial charge in [0.05, 0.1) is 0 Å². The molecule has 3 aliphatic rings. The fourth-order valence-electron chi connectivity index (χ4n) is 4.13. The van der Waals surface area contributed by atoms with Crippen LogP contribution < -0.4 is 5.73 Å². The molecule has 0 unspecified atom stereocenters. The molecule has 104 valence electrons. The normalized spacial score (nSPS) is 37.2. The molecular formula is C15H28N2O. The van der Waals surface area contributed by atoms with Crippen LogP contribution in [0.4, 0.5) is 0 Å². The average Bonchev–Trinajstić information content (AvgIpc) is 2.76. The zero-order valence-corrected chi connectivity index (χ0v) is 11.6. The third-order valence-corrected chi connectivity index (χ3v) is 5.48. The van der Waals surface area contributed by atoms with E-state index in [1.165, 1.54) is 64.6 Å². The predicted molar refractivity (Wildman–Crippen MR) is 73.5 cm³/mol. The largest absolute Gasteiger partial charge is 0.381 e. The molecule has 2 aliphatic heterocycles. The SMILES string of the molecule is NC1CCC(CN2CCC3(CCOCC3)C2)CC1. The van der Waals surface area contributed by atoms with Crippen LogP contribution in [0, 0.1) is 11.3 Å². The van der Waals surface area contributed by atoms with Crippen LogP contribution in [-0.4, -0.2) is 43.8 Å². The van der Waals surface area contributed by atoms with Crippen LogP contribution >= 0.6 is 0 Å². The highest BCUT2D eigenvalue weighted by Gasteiger charge is 2.39. The van der Waals surface area contributed by atoms with Crippen molar-refractivity contribution in [2.24, 2.45) is 17.1 Å². The maximum Gasteiger partial charge on any atom is 0.0471 e. The standard InChI is InChI=1S/C15H28N2O/c16-14-3-1-13(2-4-14)11-17-8-5-15(12-17)6-9-18-10-7-15/h13-14H,1-12,16H2. The Hall–Kier alpha value is -0.120. The van der Waals surface area contributed by atoms with Gasteiger partial charge in [0.15, 0.2) is 0 Å². The summed E-state index contributed by atoms with van der Waals surface area (Å²) in [4.78, 5) is 2.73. The highest BCUT2D eigenvalue weighted by molar-refractivity contribution is 4.92. The molecule has 0 atom stereocenters. The lowest BCUT2D eigenvalue weighted by molar-refractivity contribution is 0.0184. The number of ether oxygens (including phenoxy) is 1. The molecule has 1 saturated carbocycles. The molecule has 2 N–H and O–H groups in total. The summed E-state index contributed by atoms with van der Waals surface area (Å²) >= 11 is 0. The van der Waals surface area contributed by atoms with Crippen molar-refractivity contribution in [1.82, 2.24) is 4.90 Å². The molecule has 0 bridgehead atoms. The van der Waals surface area contributed by atoms with Gasteiger partial charge in [0.1, 0.15) is 0 Å². The molecule has 2 heterocycles. The molecule has 0 radical (unpaired) electrons. The fourth-order valence-corrected chi connectivity index (χ4v) is 4.13. The molecule has 3 rings (SSSR count). The van der Waals surface area contributed by atoms with Crippen molar-refractivity contribution >= 4 is 0 Å². The topological polar surface area (TPSA) is 38.5 Å². The minimum Gasteiger partial charge on any atom is -0.381 e. The summed E-state index contributed by atoms with van der Waals surface area (Å²) in [5.41, 5.74) is 6.60. The van der Waals surface area contributed by atoms with E-state index in [9.17, 15) is 0 Å². The number of hydrogen-bond donors (Lipinski definition) is 1. The Labute approximate surface area is 111 Å². The number of likely N-dealkylation sites (tertiary alicyclic amines) is 1. The Bertz CT molecular complexity index is 268. The van der Waals surface area contributed by atoms with Gasteiger partial charge in [-0.3, -0.25) is 0 Å². The molecule has 2 saturated heterocycles. The van der Waals surface area contributed by atoms with Gasteiger partial charge >= 0.3 is 0 Å². The molecule has 0 aromatic carbocycles. The van der Waals surface area contributed by atoms with Crippen molar-refractivity contribution in [3.05, 3.63) is 0 Å². The van der Waals surface area contributed by atoms with Crippen molar-refractivity contribution < 1.29 is 4.74 Å². The maximum atomic E-state index is 5.99. The first-order valence-corrected chi connectivity index (χ1v) is 7.81. The second-order valence-electron chi connectivity index (χ2n) is 6.88. The lowest BCUT2D eigenvalue weighted by Crippen LogP contribution is -2.36. The molecule has 0 aromatic heterocycles. The van der Waals surface area contributed by atoms with E-state index in [4.69, 9.17) is 10.5 Å². The molecule has 0 amide bonds. The zero-order valence-electron chi connectivity index (χ0n) is 11.6. The van der Waals surface area contributed by atoms with Gasteiger partial charge in [-0.15, -0.1) is 0 Å². The average molecular weight is 252 g/mol. The van der Waals surface area contributed by atoms with Crippen molar-refractivity contribution in [3.8, 4) is 0 Å². The van der Waals surface area contributed by atoms with Gasteiger partial charge < -0.3 is 15.4 Å². The Morgan fingerprint density at radius 2 is 1.78 bits per heavy atom. The Morgan fingerprint density at radius 1 is 1.06 bits per heavy atom. The maximum absolute atomic E-state index is 5.99. The lowest BCUT2D eigenvalue weighted by Gasteiger charge is -2.34. The summed E-state index contributed by atoms with van der Waals surface area (Å²) < 4.78 is 5.52. The highest BCUT2D eigenvalue weighted by atomic mass is 16.5. The predicted octanol–water partition coefficient (Wildman–Crippen LogP) is 2.01. The fraction of sp³-hybridized carbons (Fsp3) is 1.00. The molecule has 18 heavy (non-hydrogen) atoms. The van der Waals surface area contributed by atoms with E-state index in [1.54, 1.807) is 0 Å². The summed E-state index contributed by atoms with van der Waals surface area (Å²) in [7, 11) is 0. The van der Waals surface area contributed by atoms with Crippen molar-refractivity contribution in [1.29, 1.82) is 0 Å². The van der Waals surface area contributed by atoms with Gasteiger partial charge in [0, 0.05) is 32.3 Å². The van der Waals surface area contributed by atoms with Crippen LogP contribution in [0.5, 0.6) is 0 Å². The molecule has 3 nitrogen and oxygen atoms in total. The summed E-state index contributed by atoms with van der Waals surface area (Å²) in [5.74, 6) is 0.916. The van der Waals surface area contributed by atoms with Crippen LogP contribution in [0.1, 0.15) is 44.9 Å². The minimum absolute atomic E-state index is 0.488. The van der Waals surface area contributed by atoms with E-state index in [0.717, 1.165) is 19.1 Å². The van der Waals surface area contributed by atoms with E-state index in [2.05, 4.69) is 4.90 Å². The van der Waals surface area contributed by atoms with Gasteiger partial charge in [0.2, 0.25) is 0 Å². The summed E-state index contributed by atoms with van der Waals surface area (Å²) in [5, 5.41) is 0. The molecule has 3 heteroatoms. The Kier molecular flexibility index (Phi) is 3.92. The van der Waals surface area contributed by atoms with Gasteiger partial charge in [-0.25, -0.2) is 0 Å². The Morgan fingerprint density at radius 3 is 2.50 bits per heavy atom. The van der Waals surface area contributed by atoms with Crippen molar-refractivity contribution in [2.75, 3.05) is 32.8 Å².